The van der Waals surface area contributed by atoms with E-state index in [9.17, 15) is 19.7 Å². The van der Waals surface area contributed by atoms with Crippen molar-refractivity contribution in [3.05, 3.63) is 68.4 Å². The van der Waals surface area contributed by atoms with Crippen molar-refractivity contribution in [2.75, 3.05) is 11.9 Å². The maximum absolute atomic E-state index is 12.1. The summed E-state index contributed by atoms with van der Waals surface area (Å²) in [6.07, 6.45) is 1.44. The third-order valence-electron chi connectivity index (χ3n) is 4.40. The molecule has 0 aliphatic carbocycles. The second-order valence-electron chi connectivity index (χ2n) is 6.50. The van der Waals surface area contributed by atoms with E-state index in [-0.39, 0.29) is 22.8 Å². The number of nitrogens with one attached hydrogen (secondary N) is 1. The van der Waals surface area contributed by atoms with E-state index in [1.165, 1.54) is 18.4 Å². The molecule has 0 atom stereocenters. The third kappa shape index (κ3) is 4.72. The molecule has 9 heteroatoms. The lowest BCUT2D eigenvalue weighted by Crippen LogP contribution is -2.21. The van der Waals surface area contributed by atoms with Crippen LogP contribution in [-0.2, 0) is 20.7 Å². The topological polar surface area (TPSA) is 112 Å². The van der Waals surface area contributed by atoms with E-state index in [0.717, 1.165) is 22.6 Å². The number of carbonyl (C=O) groups excluding carboxylic acids is 2. The molecule has 3 aromatic rings. The van der Waals surface area contributed by atoms with Crippen LogP contribution in [0.25, 0.3) is 11.0 Å². The molecule has 0 aliphatic rings. The SMILES string of the molecule is Cc1cc2occ(CC(=O)OCC(=O)Nc3cc([N+](=O)[O-])ccc3Cl)c2cc1C. The molecule has 0 fully saturated rings. The Morgan fingerprint density at radius 1 is 1.21 bits per heavy atom. The molecule has 1 amide bonds. The Hall–Kier alpha value is -3.39. The molecule has 1 N–H and O–H groups in total. The smallest absolute Gasteiger partial charge is 0.310 e. The van der Waals surface area contributed by atoms with Gasteiger partial charge in [-0.25, -0.2) is 0 Å². The molecule has 0 unspecified atom stereocenters. The molecule has 0 saturated heterocycles. The summed E-state index contributed by atoms with van der Waals surface area (Å²) in [5.74, 6) is -1.27. The van der Waals surface area contributed by atoms with Crippen LogP contribution in [-0.4, -0.2) is 23.4 Å². The summed E-state index contributed by atoms with van der Waals surface area (Å²) in [7, 11) is 0. The van der Waals surface area contributed by atoms with Gasteiger partial charge in [-0.2, -0.15) is 0 Å². The average molecular weight is 417 g/mol. The fourth-order valence-electron chi connectivity index (χ4n) is 2.73. The minimum absolute atomic E-state index is 0.0552. The maximum atomic E-state index is 12.1. The molecule has 0 aliphatic heterocycles. The number of hydrogen-bond acceptors (Lipinski definition) is 6. The number of benzene rings is 2. The van der Waals surface area contributed by atoms with Crippen LogP contribution in [0.1, 0.15) is 16.7 Å². The molecule has 0 saturated carbocycles. The zero-order valence-electron chi connectivity index (χ0n) is 15.7. The van der Waals surface area contributed by atoms with Crippen LogP contribution in [0.3, 0.4) is 0 Å². The summed E-state index contributed by atoms with van der Waals surface area (Å²) in [5.41, 5.74) is 3.33. The molecule has 0 spiro atoms. The van der Waals surface area contributed by atoms with Gasteiger partial charge in [0.2, 0.25) is 0 Å². The monoisotopic (exact) mass is 416 g/mol. The Morgan fingerprint density at radius 2 is 1.93 bits per heavy atom. The first-order valence-corrected chi connectivity index (χ1v) is 8.99. The molecule has 29 heavy (non-hydrogen) atoms. The van der Waals surface area contributed by atoms with Crippen molar-refractivity contribution in [3.63, 3.8) is 0 Å². The summed E-state index contributed by atoms with van der Waals surface area (Å²) in [4.78, 5) is 34.3. The van der Waals surface area contributed by atoms with Crippen molar-refractivity contribution < 1.29 is 23.7 Å². The normalized spacial score (nSPS) is 10.7. The lowest BCUT2D eigenvalue weighted by molar-refractivity contribution is -0.384. The van der Waals surface area contributed by atoms with Gasteiger partial charge in [-0.05, 0) is 43.2 Å². The van der Waals surface area contributed by atoms with E-state index in [0.29, 0.717) is 11.1 Å². The number of aryl methyl sites for hydroxylation is 2. The van der Waals surface area contributed by atoms with Crippen LogP contribution >= 0.6 is 11.6 Å². The van der Waals surface area contributed by atoms with Crippen LogP contribution < -0.4 is 5.32 Å². The lowest BCUT2D eigenvalue weighted by Gasteiger charge is -2.08. The van der Waals surface area contributed by atoms with E-state index in [1.54, 1.807) is 0 Å². The number of halogens is 1. The fraction of sp³-hybridized carbons (Fsp3) is 0.200. The van der Waals surface area contributed by atoms with E-state index in [1.807, 2.05) is 26.0 Å². The van der Waals surface area contributed by atoms with Gasteiger partial charge in [0.05, 0.1) is 28.3 Å². The minimum atomic E-state index is -0.663. The fourth-order valence-corrected chi connectivity index (χ4v) is 2.90. The maximum Gasteiger partial charge on any atom is 0.310 e. The van der Waals surface area contributed by atoms with E-state index < -0.39 is 23.4 Å². The molecule has 1 heterocycles. The van der Waals surface area contributed by atoms with E-state index >= 15 is 0 Å². The summed E-state index contributed by atoms with van der Waals surface area (Å²) >= 11 is 5.93. The highest BCUT2D eigenvalue weighted by Gasteiger charge is 2.16. The zero-order valence-corrected chi connectivity index (χ0v) is 16.4. The van der Waals surface area contributed by atoms with Crippen LogP contribution in [0.15, 0.2) is 41.0 Å². The largest absolute Gasteiger partial charge is 0.464 e. The highest BCUT2D eigenvalue weighted by Crippen LogP contribution is 2.27. The molecular formula is C20H17ClN2O6. The summed E-state index contributed by atoms with van der Waals surface area (Å²) in [6.45, 7) is 3.39. The molecule has 0 radical (unpaired) electrons. The molecule has 3 rings (SSSR count). The second-order valence-corrected chi connectivity index (χ2v) is 6.91. The third-order valence-corrected chi connectivity index (χ3v) is 4.73. The highest BCUT2D eigenvalue weighted by molar-refractivity contribution is 6.33. The summed E-state index contributed by atoms with van der Waals surface area (Å²) in [5, 5.41) is 14.2. The molecular weight excluding hydrogens is 400 g/mol. The minimum Gasteiger partial charge on any atom is -0.464 e. The van der Waals surface area contributed by atoms with Gasteiger partial charge in [0.15, 0.2) is 6.61 Å². The van der Waals surface area contributed by atoms with Gasteiger partial charge >= 0.3 is 5.97 Å². The van der Waals surface area contributed by atoms with Gasteiger partial charge in [-0.1, -0.05) is 11.6 Å². The first kappa shape index (κ1) is 20.3. The summed E-state index contributed by atoms with van der Waals surface area (Å²) in [6, 6.07) is 7.49. The van der Waals surface area contributed by atoms with Gasteiger partial charge < -0.3 is 14.5 Å². The zero-order chi connectivity index (χ0) is 21.1. The molecule has 0 bridgehead atoms. The first-order chi connectivity index (χ1) is 13.7. The van der Waals surface area contributed by atoms with Crippen LogP contribution in [0.4, 0.5) is 11.4 Å². The number of non-ortho nitro benzene ring substituents is 1. The van der Waals surface area contributed by atoms with Crippen molar-refractivity contribution in [1.82, 2.24) is 0 Å². The van der Waals surface area contributed by atoms with Gasteiger partial charge in [0.1, 0.15) is 5.58 Å². The number of furan rings is 1. The number of amides is 1. The van der Waals surface area contributed by atoms with Crippen molar-refractivity contribution >= 4 is 45.8 Å². The Bertz CT molecular complexity index is 1120. The predicted octanol–water partition coefficient (Wildman–Crippen LogP) is 4.34. The quantitative estimate of drug-likeness (QED) is 0.363. The number of rotatable bonds is 6. The second kappa shape index (κ2) is 8.32. The van der Waals surface area contributed by atoms with Crippen molar-refractivity contribution in [2.24, 2.45) is 0 Å². The van der Waals surface area contributed by atoms with Gasteiger partial charge in [-0.15, -0.1) is 0 Å². The number of esters is 1. The number of fused-ring (bicyclic) bond motifs is 1. The van der Waals surface area contributed by atoms with Gasteiger partial charge in [0, 0.05) is 23.1 Å². The predicted molar refractivity (Wildman–Crippen MR) is 107 cm³/mol. The number of nitro groups is 1. The molecule has 2 aromatic carbocycles. The molecule has 1 aromatic heterocycles. The molecule has 150 valence electrons. The van der Waals surface area contributed by atoms with Crippen LogP contribution in [0.5, 0.6) is 0 Å². The highest BCUT2D eigenvalue weighted by atomic mass is 35.5. The van der Waals surface area contributed by atoms with Gasteiger partial charge in [-0.3, -0.25) is 19.7 Å². The first-order valence-electron chi connectivity index (χ1n) is 8.61. The van der Waals surface area contributed by atoms with Crippen LogP contribution in [0.2, 0.25) is 5.02 Å². The Labute approximate surface area is 170 Å². The Morgan fingerprint density at radius 3 is 2.66 bits per heavy atom. The van der Waals surface area contributed by atoms with Gasteiger partial charge in [0.25, 0.3) is 11.6 Å². The number of nitrogens with zero attached hydrogens (tertiary/aromatic N) is 1. The van der Waals surface area contributed by atoms with Crippen LogP contribution in [0, 0.1) is 24.0 Å². The average Bonchev–Trinajstić information content (AvgIpc) is 3.03. The Balaban J connectivity index is 1.60. The number of hydrogen-bond donors (Lipinski definition) is 1. The summed E-state index contributed by atoms with van der Waals surface area (Å²) < 4.78 is 10.5. The van der Waals surface area contributed by atoms with Crippen molar-refractivity contribution in [1.29, 1.82) is 0 Å². The number of anilines is 1. The molecule has 8 nitrogen and oxygen atoms in total. The number of carbonyl (C=O) groups is 2. The standard InChI is InChI=1S/C20H17ClN2O6/c1-11-5-15-13(9-28-18(15)6-12(11)2)7-20(25)29-10-19(24)22-17-8-14(23(26)27)3-4-16(17)21/h3-6,8-9H,7,10H2,1-2H3,(H,22,24). The lowest BCUT2D eigenvalue weighted by atomic mass is 10.0. The van der Waals surface area contributed by atoms with Crippen molar-refractivity contribution in [2.45, 2.75) is 20.3 Å². The van der Waals surface area contributed by atoms with E-state index in [2.05, 4.69) is 5.32 Å². The number of nitro benzene ring substituents is 1. The van der Waals surface area contributed by atoms with Crippen molar-refractivity contribution in [3.8, 4) is 0 Å². The Kier molecular flexibility index (Phi) is 5.84. The van der Waals surface area contributed by atoms with E-state index in [4.69, 9.17) is 20.8 Å². The number of ether oxygens (including phenoxy) is 1.